The first-order chi connectivity index (χ1) is 13.1. The molecule has 27 heavy (non-hydrogen) atoms. The molecule has 146 valence electrons. The molecule has 1 N–H and O–H groups in total. The van der Waals surface area contributed by atoms with Gasteiger partial charge in [0, 0.05) is 78.0 Å². The summed E-state index contributed by atoms with van der Waals surface area (Å²) in [5.41, 5.74) is 1.14. The van der Waals surface area contributed by atoms with Crippen LogP contribution < -0.4 is 15.1 Å². The van der Waals surface area contributed by atoms with Crippen molar-refractivity contribution in [1.29, 1.82) is 0 Å². The number of aliphatic imine (C=N–C) groups is 1. The van der Waals surface area contributed by atoms with Crippen molar-refractivity contribution in [3.63, 3.8) is 0 Å². The third-order valence-electron chi connectivity index (χ3n) is 4.55. The smallest absolute Gasteiger partial charge is 0.205 e. The third-order valence-corrected chi connectivity index (χ3v) is 5.37. The Labute approximate surface area is 165 Å². The molecule has 0 bridgehead atoms. The molecule has 3 rings (SSSR count). The van der Waals surface area contributed by atoms with Gasteiger partial charge in [-0.25, -0.2) is 9.97 Å². The molecule has 3 heterocycles. The number of anilines is 2. The lowest BCUT2D eigenvalue weighted by molar-refractivity contribution is 0.372. The van der Waals surface area contributed by atoms with Crippen LogP contribution in [0.3, 0.4) is 0 Å². The first kappa shape index (κ1) is 19.3. The van der Waals surface area contributed by atoms with E-state index >= 15 is 0 Å². The Morgan fingerprint density at radius 1 is 1.26 bits per heavy atom. The van der Waals surface area contributed by atoms with Gasteiger partial charge in [-0.2, -0.15) is 4.37 Å². The first-order valence-electron chi connectivity index (χ1n) is 9.26. The molecular weight excluding hydrogens is 360 g/mol. The van der Waals surface area contributed by atoms with E-state index in [1.54, 1.807) is 0 Å². The van der Waals surface area contributed by atoms with Gasteiger partial charge < -0.3 is 20.0 Å². The van der Waals surface area contributed by atoms with Crippen LogP contribution in [-0.4, -0.2) is 72.5 Å². The summed E-state index contributed by atoms with van der Waals surface area (Å²) in [6.07, 6.45) is 2.80. The van der Waals surface area contributed by atoms with Crippen molar-refractivity contribution < 1.29 is 0 Å². The van der Waals surface area contributed by atoms with E-state index in [0.717, 1.165) is 60.9 Å². The Morgan fingerprint density at radius 3 is 2.59 bits per heavy atom. The Bertz CT molecular complexity index is 747. The van der Waals surface area contributed by atoms with E-state index in [-0.39, 0.29) is 0 Å². The molecule has 0 aliphatic carbocycles. The van der Waals surface area contributed by atoms with E-state index < -0.39 is 0 Å². The van der Waals surface area contributed by atoms with E-state index in [2.05, 4.69) is 47.4 Å². The highest BCUT2D eigenvalue weighted by molar-refractivity contribution is 7.09. The number of rotatable bonds is 5. The number of aryl methyl sites for hydroxylation is 1. The van der Waals surface area contributed by atoms with Crippen LogP contribution in [0.2, 0.25) is 0 Å². The van der Waals surface area contributed by atoms with Crippen LogP contribution in [-0.2, 0) is 13.0 Å². The molecule has 1 aliphatic heterocycles. The van der Waals surface area contributed by atoms with Crippen LogP contribution in [0.1, 0.15) is 18.3 Å². The van der Waals surface area contributed by atoms with E-state index in [1.807, 2.05) is 38.3 Å². The maximum atomic E-state index is 4.60. The molecule has 9 heteroatoms. The Morgan fingerprint density at radius 2 is 2.04 bits per heavy atom. The summed E-state index contributed by atoms with van der Waals surface area (Å²) in [5.74, 6) is 2.82. The molecule has 0 spiro atoms. The molecule has 0 amide bonds. The molecule has 1 saturated heterocycles. The van der Waals surface area contributed by atoms with Gasteiger partial charge >= 0.3 is 0 Å². The fourth-order valence-corrected chi connectivity index (χ4v) is 3.73. The second-order valence-electron chi connectivity index (χ2n) is 6.64. The van der Waals surface area contributed by atoms with Crippen molar-refractivity contribution in [3.8, 4) is 0 Å². The highest BCUT2D eigenvalue weighted by atomic mass is 32.1. The number of hydrogen-bond donors (Lipinski definition) is 1. The number of pyridine rings is 1. The second kappa shape index (κ2) is 8.98. The summed E-state index contributed by atoms with van der Waals surface area (Å²) >= 11 is 1.50. The Hall–Kier alpha value is -2.42. The van der Waals surface area contributed by atoms with E-state index in [0.29, 0.717) is 6.54 Å². The molecule has 1 fully saturated rings. The van der Waals surface area contributed by atoms with Crippen LogP contribution in [0.25, 0.3) is 0 Å². The molecule has 8 nitrogen and oxygen atoms in total. The lowest BCUT2D eigenvalue weighted by atomic mass is 10.2. The second-order valence-corrected chi connectivity index (χ2v) is 7.37. The fraction of sp³-hybridized carbons (Fsp3) is 0.556. The summed E-state index contributed by atoms with van der Waals surface area (Å²) in [6, 6.07) is 4.13. The van der Waals surface area contributed by atoms with Gasteiger partial charge in [-0.1, -0.05) is 13.0 Å². The first-order valence-corrected chi connectivity index (χ1v) is 10.0. The zero-order valence-electron chi connectivity index (χ0n) is 16.5. The predicted molar refractivity (Wildman–Crippen MR) is 112 cm³/mol. The van der Waals surface area contributed by atoms with Gasteiger partial charge in [-0.15, -0.1) is 0 Å². The minimum absolute atomic E-state index is 0.712. The van der Waals surface area contributed by atoms with Gasteiger partial charge in [0.25, 0.3) is 0 Å². The monoisotopic (exact) mass is 388 g/mol. The predicted octanol–water partition coefficient (Wildman–Crippen LogP) is 1.46. The summed E-state index contributed by atoms with van der Waals surface area (Å²) in [6.45, 7) is 6.49. The highest BCUT2D eigenvalue weighted by Gasteiger charge is 2.22. The van der Waals surface area contributed by atoms with Gasteiger partial charge in [0.05, 0.1) is 0 Å². The van der Waals surface area contributed by atoms with Crippen LogP contribution >= 0.6 is 11.5 Å². The van der Waals surface area contributed by atoms with Crippen LogP contribution in [0.5, 0.6) is 0 Å². The van der Waals surface area contributed by atoms with Gasteiger partial charge in [-0.3, -0.25) is 4.99 Å². The zero-order chi connectivity index (χ0) is 19.2. The lowest BCUT2D eigenvalue weighted by Crippen LogP contribution is -2.52. The minimum Gasteiger partial charge on any atom is -0.363 e. The van der Waals surface area contributed by atoms with Gasteiger partial charge in [-0.05, 0) is 11.6 Å². The van der Waals surface area contributed by atoms with E-state index in [1.165, 1.54) is 11.5 Å². The molecule has 0 unspecified atom stereocenters. The molecule has 2 aromatic rings. The average molecular weight is 389 g/mol. The lowest BCUT2D eigenvalue weighted by Gasteiger charge is -2.36. The summed E-state index contributed by atoms with van der Waals surface area (Å²) < 4.78 is 4.39. The average Bonchev–Trinajstić information content (AvgIpc) is 3.18. The number of aromatic nitrogens is 3. The van der Waals surface area contributed by atoms with Crippen molar-refractivity contribution in [2.24, 2.45) is 4.99 Å². The normalized spacial score (nSPS) is 15.2. The van der Waals surface area contributed by atoms with Crippen molar-refractivity contribution in [2.75, 3.05) is 57.1 Å². The van der Waals surface area contributed by atoms with Gasteiger partial charge in [0.15, 0.2) is 5.96 Å². The topological polar surface area (TPSA) is 72.8 Å². The number of piperazine rings is 1. The van der Waals surface area contributed by atoms with Crippen LogP contribution in [0, 0.1) is 0 Å². The number of hydrogen-bond acceptors (Lipinski definition) is 7. The van der Waals surface area contributed by atoms with Crippen LogP contribution in [0.15, 0.2) is 23.3 Å². The van der Waals surface area contributed by atoms with Crippen molar-refractivity contribution in [3.05, 3.63) is 29.7 Å². The number of nitrogens with one attached hydrogen (secondary N) is 1. The summed E-state index contributed by atoms with van der Waals surface area (Å²) in [5, 5.41) is 4.48. The SMILES string of the molecule is CCc1nsc(N2CCN(C(=NC)NCc3ccc(N(C)C)nc3)CC2)n1. The largest absolute Gasteiger partial charge is 0.363 e. The van der Waals surface area contributed by atoms with Crippen molar-refractivity contribution >= 4 is 28.4 Å². The molecular formula is C18H28N8S. The van der Waals surface area contributed by atoms with Gasteiger partial charge in [0.2, 0.25) is 5.13 Å². The molecule has 1 aliphatic rings. The van der Waals surface area contributed by atoms with E-state index in [9.17, 15) is 0 Å². The number of nitrogens with zero attached hydrogens (tertiary/aromatic N) is 7. The third kappa shape index (κ3) is 4.85. The Kier molecular flexibility index (Phi) is 6.44. The van der Waals surface area contributed by atoms with Crippen LogP contribution in [0.4, 0.5) is 10.9 Å². The molecule has 0 atom stereocenters. The minimum atomic E-state index is 0.712. The zero-order valence-corrected chi connectivity index (χ0v) is 17.3. The van der Waals surface area contributed by atoms with Crippen molar-refractivity contribution in [1.82, 2.24) is 24.6 Å². The number of guanidine groups is 1. The molecule has 0 saturated carbocycles. The van der Waals surface area contributed by atoms with Gasteiger partial charge in [0.1, 0.15) is 11.6 Å². The standard InChI is InChI=1S/C18H28N8S/c1-5-15-22-18(27-23-15)26-10-8-25(9-11-26)17(19-2)21-13-14-6-7-16(20-12-14)24(3)4/h6-7,12H,5,8-11,13H2,1-4H3,(H,19,21). The fourth-order valence-electron chi connectivity index (χ4n) is 2.93. The van der Waals surface area contributed by atoms with E-state index in [4.69, 9.17) is 0 Å². The Balaban J connectivity index is 1.51. The maximum absolute atomic E-state index is 4.60. The highest BCUT2D eigenvalue weighted by Crippen LogP contribution is 2.19. The molecule has 2 aromatic heterocycles. The van der Waals surface area contributed by atoms with Crippen molar-refractivity contribution in [2.45, 2.75) is 19.9 Å². The molecule has 0 radical (unpaired) electrons. The quantitative estimate of drug-likeness (QED) is 0.614. The maximum Gasteiger partial charge on any atom is 0.205 e. The summed E-state index contributed by atoms with van der Waals surface area (Å²) in [4.78, 5) is 20.1. The summed E-state index contributed by atoms with van der Waals surface area (Å²) in [7, 11) is 5.82. The molecule has 0 aromatic carbocycles.